The van der Waals surface area contributed by atoms with E-state index >= 15 is 0 Å². The highest BCUT2D eigenvalue weighted by molar-refractivity contribution is 7.98. The van der Waals surface area contributed by atoms with Crippen molar-refractivity contribution in [3.8, 4) is 5.69 Å². The molecule has 0 N–H and O–H groups in total. The van der Waals surface area contributed by atoms with Crippen molar-refractivity contribution < 1.29 is 4.42 Å². The smallest absolute Gasteiger partial charge is 0.336 e. The molecule has 4 aromatic rings. The maximum Gasteiger partial charge on any atom is 0.336 e. The van der Waals surface area contributed by atoms with Crippen LogP contribution >= 0.6 is 11.8 Å². The number of para-hydroxylation sites is 1. The van der Waals surface area contributed by atoms with Crippen molar-refractivity contribution in [2.75, 3.05) is 0 Å². The van der Waals surface area contributed by atoms with E-state index in [4.69, 9.17) is 4.42 Å². The molecule has 2 heterocycles. The van der Waals surface area contributed by atoms with Gasteiger partial charge in [-0.1, -0.05) is 43.8 Å². The third-order valence-corrected chi connectivity index (χ3v) is 6.32. The van der Waals surface area contributed by atoms with E-state index in [-0.39, 0.29) is 5.63 Å². The standard InChI is InChI=1S/C24H25N3O2S/c1-14(2)19-12-20-18(11-23(28)29-22(20)10-16(19)4)13-30-24-26-25-17(5)27(24)21-9-7-6-8-15(21)3/h6-12,14H,13H2,1-5H3. The summed E-state index contributed by atoms with van der Waals surface area (Å²) in [6.45, 7) is 10.4. The van der Waals surface area contributed by atoms with E-state index in [1.807, 2.05) is 25.1 Å². The van der Waals surface area contributed by atoms with E-state index in [1.165, 1.54) is 5.56 Å². The number of nitrogens with zero attached hydrogens (tertiary/aromatic N) is 3. The predicted octanol–water partition coefficient (Wildman–Crippen LogP) is 5.71. The minimum Gasteiger partial charge on any atom is -0.423 e. The molecular formula is C24H25N3O2S. The molecular weight excluding hydrogens is 394 g/mol. The van der Waals surface area contributed by atoms with Crippen LogP contribution in [0.25, 0.3) is 16.7 Å². The van der Waals surface area contributed by atoms with E-state index < -0.39 is 0 Å². The molecule has 0 spiro atoms. The molecule has 0 fully saturated rings. The molecule has 6 heteroatoms. The topological polar surface area (TPSA) is 60.9 Å². The zero-order valence-electron chi connectivity index (χ0n) is 17.9. The molecule has 0 unspecified atom stereocenters. The minimum absolute atomic E-state index is 0.327. The monoisotopic (exact) mass is 419 g/mol. The maximum atomic E-state index is 12.2. The molecule has 0 aliphatic rings. The van der Waals surface area contributed by atoms with E-state index in [9.17, 15) is 4.79 Å². The molecule has 30 heavy (non-hydrogen) atoms. The van der Waals surface area contributed by atoms with Gasteiger partial charge < -0.3 is 4.42 Å². The van der Waals surface area contributed by atoms with Gasteiger partial charge in [0.05, 0.1) is 5.69 Å². The highest BCUT2D eigenvalue weighted by Crippen LogP contribution is 2.31. The number of hydrogen-bond acceptors (Lipinski definition) is 5. The van der Waals surface area contributed by atoms with Gasteiger partial charge in [0.15, 0.2) is 5.16 Å². The fraction of sp³-hybridized carbons (Fsp3) is 0.292. The van der Waals surface area contributed by atoms with E-state index in [0.29, 0.717) is 17.3 Å². The number of thioether (sulfide) groups is 1. The van der Waals surface area contributed by atoms with Crippen LogP contribution in [0, 0.1) is 20.8 Å². The molecule has 0 aliphatic carbocycles. The number of aryl methyl sites for hydroxylation is 3. The average Bonchev–Trinajstić information content (AvgIpc) is 3.06. The van der Waals surface area contributed by atoms with Gasteiger partial charge in [-0.2, -0.15) is 0 Å². The quantitative estimate of drug-likeness (QED) is 0.306. The van der Waals surface area contributed by atoms with E-state index in [1.54, 1.807) is 17.8 Å². The summed E-state index contributed by atoms with van der Waals surface area (Å²) in [6, 6.07) is 13.9. The summed E-state index contributed by atoms with van der Waals surface area (Å²) in [5.74, 6) is 1.84. The Hall–Kier alpha value is -2.86. The van der Waals surface area contributed by atoms with Crippen molar-refractivity contribution in [1.29, 1.82) is 0 Å². The van der Waals surface area contributed by atoms with Crippen molar-refractivity contribution in [3.05, 3.63) is 81.0 Å². The van der Waals surface area contributed by atoms with Gasteiger partial charge in [0, 0.05) is 17.2 Å². The Morgan fingerprint density at radius 2 is 1.80 bits per heavy atom. The van der Waals surface area contributed by atoms with Crippen molar-refractivity contribution in [2.24, 2.45) is 0 Å². The highest BCUT2D eigenvalue weighted by atomic mass is 32.2. The van der Waals surface area contributed by atoms with Gasteiger partial charge in [-0.25, -0.2) is 4.79 Å². The largest absolute Gasteiger partial charge is 0.423 e. The zero-order chi connectivity index (χ0) is 21.4. The van der Waals surface area contributed by atoms with Crippen molar-refractivity contribution in [3.63, 3.8) is 0 Å². The lowest BCUT2D eigenvalue weighted by Gasteiger charge is -2.13. The van der Waals surface area contributed by atoms with Gasteiger partial charge in [-0.3, -0.25) is 4.57 Å². The number of rotatable bonds is 5. The van der Waals surface area contributed by atoms with Gasteiger partial charge in [-0.05, 0) is 67.1 Å². The van der Waals surface area contributed by atoms with Crippen LogP contribution in [0.1, 0.15) is 47.8 Å². The first kappa shape index (κ1) is 20.4. The van der Waals surface area contributed by atoms with Crippen LogP contribution in [0.3, 0.4) is 0 Å². The SMILES string of the molecule is Cc1cc2oc(=O)cc(CSc3nnc(C)n3-c3ccccc3C)c2cc1C(C)C. The third-order valence-electron chi connectivity index (χ3n) is 5.35. The molecule has 4 rings (SSSR count). The Morgan fingerprint density at radius 1 is 1.03 bits per heavy atom. The van der Waals surface area contributed by atoms with Gasteiger partial charge in [0.2, 0.25) is 0 Å². The Morgan fingerprint density at radius 3 is 2.53 bits per heavy atom. The van der Waals surface area contributed by atoms with Crippen molar-refractivity contribution in [2.45, 2.75) is 51.4 Å². The lowest BCUT2D eigenvalue weighted by atomic mass is 9.95. The first-order valence-corrected chi connectivity index (χ1v) is 11.0. The Labute approximate surface area is 180 Å². The van der Waals surface area contributed by atoms with Gasteiger partial charge in [0.1, 0.15) is 11.4 Å². The number of benzene rings is 2. The number of hydrogen-bond donors (Lipinski definition) is 0. The Bertz CT molecular complexity index is 1290. The number of fused-ring (bicyclic) bond motifs is 1. The second kappa shape index (κ2) is 8.11. The average molecular weight is 420 g/mol. The van der Waals surface area contributed by atoms with Crippen LogP contribution in [0.4, 0.5) is 0 Å². The fourth-order valence-electron chi connectivity index (χ4n) is 3.80. The summed E-state index contributed by atoms with van der Waals surface area (Å²) in [7, 11) is 0. The van der Waals surface area contributed by atoms with Crippen molar-refractivity contribution in [1.82, 2.24) is 14.8 Å². The number of aromatic nitrogens is 3. The maximum absolute atomic E-state index is 12.2. The summed E-state index contributed by atoms with van der Waals surface area (Å²) in [4.78, 5) is 12.2. The molecule has 0 atom stereocenters. The van der Waals surface area contributed by atoms with E-state index in [0.717, 1.165) is 38.7 Å². The molecule has 5 nitrogen and oxygen atoms in total. The highest BCUT2D eigenvalue weighted by Gasteiger charge is 2.16. The zero-order valence-corrected chi connectivity index (χ0v) is 18.7. The molecule has 0 saturated carbocycles. The van der Waals surface area contributed by atoms with Crippen molar-refractivity contribution >= 4 is 22.7 Å². The summed E-state index contributed by atoms with van der Waals surface area (Å²) in [6.07, 6.45) is 0. The normalized spacial score (nSPS) is 11.5. The molecule has 0 saturated heterocycles. The van der Waals surface area contributed by atoms with Gasteiger partial charge in [0.25, 0.3) is 0 Å². The van der Waals surface area contributed by atoms with Crippen LogP contribution in [0.2, 0.25) is 0 Å². The summed E-state index contributed by atoms with van der Waals surface area (Å²) in [5, 5.41) is 10.5. The molecule has 2 aromatic carbocycles. The summed E-state index contributed by atoms with van der Waals surface area (Å²) >= 11 is 1.58. The van der Waals surface area contributed by atoms with E-state index in [2.05, 4.69) is 60.7 Å². The van der Waals surface area contributed by atoms with Crippen LogP contribution in [0.15, 0.2) is 56.8 Å². The van der Waals surface area contributed by atoms with Crippen LogP contribution in [-0.4, -0.2) is 14.8 Å². The Balaban J connectivity index is 1.74. The Kier molecular flexibility index (Phi) is 5.52. The molecule has 0 aliphatic heterocycles. The van der Waals surface area contributed by atoms with Crippen LogP contribution in [0.5, 0.6) is 0 Å². The minimum atomic E-state index is -0.327. The fourth-order valence-corrected chi connectivity index (χ4v) is 4.78. The molecule has 0 amide bonds. The first-order chi connectivity index (χ1) is 14.3. The molecule has 154 valence electrons. The second-order valence-corrected chi connectivity index (χ2v) is 8.83. The van der Waals surface area contributed by atoms with Gasteiger partial charge in [-0.15, -0.1) is 10.2 Å². The third kappa shape index (κ3) is 3.79. The van der Waals surface area contributed by atoms with Crippen LogP contribution in [-0.2, 0) is 5.75 Å². The summed E-state index contributed by atoms with van der Waals surface area (Å²) < 4.78 is 7.55. The predicted molar refractivity (Wildman–Crippen MR) is 122 cm³/mol. The molecule has 0 radical (unpaired) electrons. The first-order valence-electron chi connectivity index (χ1n) is 10.0. The second-order valence-electron chi connectivity index (χ2n) is 7.89. The lowest BCUT2D eigenvalue weighted by molar-refractivity contribution is 0.559. The van der Waals surface area contributed by atoms with Gasteiger partial charge >= 0.3 is 5.63 Å². The molecule has 0 bridgehead atoms. The van der Waals surface area contributed by atoms with Crippen LogP contribution < -0.4 is 5.63 Å². The summed E-state index contributed by atoms with van der Waals surface area (Å²) in [5.41, 5.74) is 5.89. The lowest BCUT2D eigenvalue weighted by Crippen LogP contribution is -2.03. The molecule has 2 aromatic heterocycles.